The quantitative estimate of drug-likeness (QED) is 0.431. The minimum absolute atomic E-state index is 0.269. The number of nitrogens with one attached hydrogen (secondary N) is 1. The van der Waals surface area contributed by atoms with Gasteiger partial charge in [-0.2, -0.15) is 5.10 Å². The molecule has 23 heavy (non-hydrogen) atoms. The summed E-state index contributed by atoms with van der Waals surface area (Å²) in [4.78, 5) is 0. The molecule has 0 amide bonds. The van der Waals surface area contributed by atoms with Crippen molar-refractivity contribution in [1.29, 1.82) is 0 Å². The molecule has 0 fully saturated rings. The lowest BCUT2D eigenvalue weighted by Crippen LogP contribution is -2.11. The van der Waals surface area contributed by atoms with E-state index in [9.17, 15) is 4.57 Å². The molecule has 0 heterocycles. The number of nitrogens with zero attached hydrogens (tertiary/aromatic N) is 1. The van der Waals surface area contributed by atoms with Crippen molar-refractivity contribution in [3.05, 3.63) is 66.2 Å². The highest BCUT2D eigenvalue weighted by molar-refractivity contribution is 7.73. The van der Waals surface area contributed by atoms with Crippen LogP contribution < -0.4 is 5.43 Å². The van der Waals surface area contributed by atoms with Gasteiger partial charge < -0.3 is 9.05 Å². The molecule has 0 unspecified atom stereocenters. The van der Waals surface area contributed by atoms with Crippen molar-refractivity contribution in [3.8, 4) is 0 Å². The van der Waals surface area contributed by atoms with Gasteiger partial charge in [0.1, 0.15) is 0 Å². The lowest BCUT2D eigenvalue weighted by molar-refractivity contribution is 0.232. The molecule has 2 rings (SSSR count). The van der Waals surface area contributed by atoms with Crippen LogP contribution in [0.3, 0.4) is 0 Å². The predicted molar refractivity (Wildman–Crippen MR) is 93.9 cm³/mol. The largest absolute Gasteiger partial charge is 0.381 e. The zero-order valence-electron chi connectivity index (χ0n) is 13.3. The summed E-state index contributed by atoms with van der Waals surface area (Å²) in [5.74, 6) is 0. The van der Waals surface area contributed by atoms with Crippen LogP contribution in [0.15, 0.2) is 65.8 Å². The summed E-state index contributed by atoms with van der Waals surface area (Å²) in [6.45, 7) is 4.10. The molecule has 1 N–H and O–H groups in total. The van der Waals surface area contributed by atoms with Gasteiger partial charge >= 0.3 is 7.60 Å². The number of hydrogen-bond acceptors (Lipinski definition) is 5. The topological polar surface area (TPSA) is 59.9 Å². The summed E-state index contributed by atoms with van der Waals surface area (Å²) in [7, 11) is -3.50. The molecule has 6 heteroatoms. The minimum Gasteiger partial charge on any atom is -0.304 e. The lowest BCUT2D eigenvalue weighted by Gasteiger charge is -2.19. The third-order valence-electron chi connectivity index (χ3n) is 2.95. The third kappa shape index (κ3) is 4.76. The molecule has 5 nitrogen and oxygen atoms in total. The van der Waals surface area contributed by atoms with Gasteiger partial charge in [-0.1, -0.05) is 48.5 Å². The van der Waals surface area contributed by atoms with Gasteiger partial charge in [0.15, 0.2) is 5.45 Å². The highest BCUT2D eigenvalue weighted by Crippen LogP contribution is 2.51. The van der Waals surface area contributed by atoms with Crippen LogP contribution >= 0.6 is 7.60 Å². The molecule has 0 bridgehead atoms. The van der Waals surface area contributed by atoms with E-state index in [4.69, 9.17) is 9.05 Å². The third-order valence-corrected chi connectivity index (χ3v) is 5.03. The molecule has 0 aliphatic rings. The Morgan fingerprint density at radius 3 is 2.00 bits per heavy atom. The second-order valence-corrected chi connectivity index (χ2v) is 6.55. The van der Waals surface area contributed by atoms with E-state index in [-0.39, 0.29) is 18.7 Å². The van der Waals surface area contributed by atoms with Crippen LogP contribution in [0, 0.1) is 0 Å². The average molecular weight is 332 g/mol. The second kappa shape index (κ2) is 8.63. The fourth-order valence-corrected chi connectivity index (χ4v) is 3.64. The first kappa shape index (κ1) is 17.4. The van der Waals surface area contributed by atoms with Gasteiger partial charge in [-0.15, -0.1) is 0 Å². The number of benzene rings is 2. The van der Waals surface area contributed by atoms with E-state index in [0.29, 0.717) is 5.56 Å². The Balaban J connectivity index is 2.41. The van der Waals surface area contributed by atoms with E-state index in [1.54, 1.807) is 13.8 Å². The Morgan fingerprint density at radius 2 is 1.48 bits per heavy atom. The van der Waals surface area contributed by atoms with Crippen molar-refractivity contribution in [3.63, 3.8) is 0 Å². The fourth-order valence-electron chi connectivity index (χ4n) is 2.00. The van der Waals surface area contributed by atoms with Crippen molar-refractivity contribution in [2.45, 2.75) is 13.8 Å². The molecule has 0 atom stereocenters. The van der Waals surface area contributed by atoms with Gasteiger partial charge in [0.25, 0.3) is 0 Å². The molecular weight excluding hydrogens is 311 g/mol. The molecule has 0 aliphatic heterocycles. The maximum atomic E-state index is 13.1. The molecule has 0 saturated heterocycles. The average Bonchev–Trinajstić information content (AvgIpc) is 2.57. The van der Waals surface area contributed by atoms with Crippen molar-refractivity contribution < 1.29 is 13.6 Å². The van der Waals surface area contributed by atoms with Gasteiger partial charge in [-0.05, 0) is 26.0 Å². The highest BCUT2D eigenvalue weighted by atomic mass is 31.2. The van der Waals surface area contributed by atoms with Crippen LogP contribution in [0.2, 0.25) is 0 Å². The summed E-state index contributed by atoms with van der Waals surface area (Å²) in [5.41, 5.74) is 4.68. The first-order valence-electron chi connectivity index (χ1n) is 7.53. The normalized spacial score (nSPS) is 12.2. The SMILES string of the molecule is CCOP(=O)(OCC)/C(=N/Nc1ccccc1)c1ccccc1. The first-order chi connectivity index (χ1) is 11.2. The first-order valence-corrected chi connectivity index (χ1v) is 9.07. The van der Waals surface area contributed by atoms with Gasteiger partial charge in [-0.25, -0.2) is 0 Å². The Labute approximate surface area is 136 Å². The van der Waals surface area contributed by atoms with E-state index in [0.717, 1.165) is 5.69 Å². The van der Waals surface area contributed by atoms with Crippen LogP contribution in [0.1, 0.15) is 19.4 Å². The highest BCUT2D eigenvalue weighted by Gasteiger charge is 2.33. The van der Waals surface area contributed by atoms with Gasteiger partial charge in [0.05, 0.1) is 18.9 Å². The van der Waals surface area contributed by atoms with E-state index in [1.165, 1.54) is 0 Å². The van der Waals surface area contributed by atoms with E-state index in [1.807, 2.05) is 60.7 Å². The molecule has 0 aromatic heterocycles. The Morgan fingerprint density at radius 1 is 0.957 bits per heavy atom. The lowest BCUT2D eigenvalue weighted by atomic mass is 10.2. The zero-order chi connectivity index (χ0) is 16.5. The molecule has 0 aliphatic carbocycles. The molecule has 0 radical (unpaired) electrons. The number of para-hydroxylation sites is 1. The van der Waals surface area contributed by atoms with Crippen molar-refractivity contribution in [1.82, 2.24) is 0 Å². The molecule has 0 saturated carbocycles. The standard InChI is InChI=1S/C17H21N2O3P/c1-3-21-23(20,22-4-2)17(15-11-7-5-8-12-15)19-18-16-13-9-6-10-14-16/h5-14,18H,3-4H2,1-2H3/b19-17+. The number of anilines is 1. The number of hydrazone groups is 1. The van der Waals surface area contributed by atoms with Crippen molar-refractivity contribution in [2.24, 2.45) is 5.10 Å². The molecule has 122 valence electrons. The van der Waals surface area contributed by atoms with E-state index < -0.39 is 7.60 Å². The zero-order valence-corrected chi connectivity index (χ0v) is 14.2. The summed E-state index contributed by atoms with van der Waals surface area (Å²) in [5, 5.41) is 4.33. The van der Waals surface area contributed by atoms with Crippen molar-refractivity contribution in [2.75, 3.05) is 18.6 Å². The van der Waals surface area contributed by atoms with E-state index >= 15 is 0 Å². The number of hydrogen-bond donors (Lipinski definition) is 1. The summed E-state index contributed by atoms with van der Waals surface area (Å²) in [6.07, 6.45) is 0. The molecular formula is C17H21N2O3P. The maximum Gasteiger partial charge on any atom is 0.381 e. The smallest absolute Gasteiger partial charge is 0.304 e. The van der Waals surface area contributed by atoms with Crippen LogP contribution in [0.4, 0.5) is 5.69 Å². The molecule has 2 aromatic carbocycles. The monoisotopic (exact) mass is 332 g/mol. The predicted octanol–water partition coefficient (Wildman–Crippen LogP) is 4.73. The minimum atomic E-state index is -3.50. The van der Waals surface area contributed by atoms with Crippen LogP contribution in [0.25, 0.3) is 0 Å². The van der Waals surface area contributed by atoms with Gasteiger partial charge in [0, 0.05) is 5.56 Å². The summed E-state index contributed by atoms with van der Waals surface area (Å²) >= 11 is 0. The second-order valence-electron chi connectivity index (χ2n) is 4.61. The molecule has 0 spiro atoms. The Bertz CT molecular complexity index is 665. The molecule has 2 aromatic rings. The summed E-state index contributed by atoms with van der Waals surface area (Å²) in [6, 6.07) is 18.7. The Kier molecular flexibility index (Phi) is 6.53. The summed E-state index contributed by atoms with van der Waals surface area (Å²) < 4.78 is 24.0. The maximum absolute atomic E-state index is 13.1. The number of rotatable bonds is 8. The fraction of sp³-hybridized carbons (Fsp3) is 0.235. The van der Waals surface area contributed by atoms with Crippen LogP contribution in [-0.2, 0) is 13.6 Å². The van der Waals surface area contributed by atoms with E-state index in [2.05, 4.69) is 10.5 Å². The van der Waals surface area contributed by atoms with Crippen molar-refractivity contribution >= 4 is 18.7 Å². The Hall–Kier alpha value is -1.94. The van der Waals surface area contributed by atoms with Gasteiger partial charge in [-0.3, -0.25) is 9.99 Å². The van der Waals surface area contributed by atoms with Gasteiger partial charge in [0.2, 0.25) is 0 Å². The van der Waals surface area contributed by atoms with Crippen LogP contribution in [0.5, 0.6) is 0 Å². The van der Waals surface area contributed by atoms with Crippen LogP contribution in [-0.4, -0.2) is 18.7 Å².